The van der Waals surface area contributed by atoms with Crippen LogP contribution < -0.4 is 5.32 Å². The van der Waals surface area contributed by atoms with Crippen LogP contribution in [0, 0.1) is 6.92 Å². The van der Waals surface area contributed by atoms with E-state index in [1.54, 1.807) is 0 Å². The van der Waals surface area contributed by atoms with E-state index in [4.69, 9.17) is 13.3 Å². The molecule has 0 atom stereocenters. The summed E-state index contributed by atoms with van der Waals surface area (Å²) < 4.78 is 19.7. The SMILES string of the molecule is CCO[Si](CCCNc1cnc(C)n1CC)(OCC)OCC. The topological polar surface area (TPSA) is 57.5 Å². The van der Waals surface area contributed by atoms with Gasteiger partial charge in [-0.1, -0.05) is 0 Å². The molecule has 0 aliphatic carbocycles. The van der Waals surface area contributed by atoms with Crippen molar-refractivity contribution in [2.45, 2.75) is 53.6 Å². The van der Waals surface area contributed by atoms with Crippen LogP contribution in [0.4, 0.5) is 5.82 Å². The molecule has 0 saturated carbocycles. The Morgan fingerprint density at radius 1 is 1.09 bits per heavy atom. The van der Waals surface area contributed by atoms with Crippen molar-refractivity contribution in [3.8, 4) is 0 Å². The molecular formula is C15H31N3O3Si. The van der Waals surface area contributed by atoms with Gasteiger partial charge >= 0.3 is 8.80 Å². The molecule has 0 aliphatic rings. The lowest BCUT2D eigenvalue weighted by Crippen LogP contribution is -2.46. The minimum atomic E-state index is -2.51. The fraction of sp³-hybridized carbons (Fsp3) is 0.800. The Labute approximate surface area is 135 Å². The first-order chi connectivity index (χ1) is 10.6. The molecule has 1 aromatic heterocycles. The zero-order chi connectivity index (χ0) is 16.4. The van der Waals surface area contributed by atoms with Crippen molar-refractivity contribution < 1.29 is 13.3 Å². The number of rotatable bonds is 12. The number of aryl methyl sites for hydroxylation is 1. The molecule has 0 spiro atoms. The molecule has 0 fully saturated rings. The molecule has 0 bridgehead atoms. The Balaban J connectivity index is 2.51. The zero-order valence-corrected chi connectivity index (χ0v) is 15.6. The number of imidazole rings is 1. The van der Waals surface area contributed by atoms with Gasteiger partial charge in [0.2, 0.25) is 0 Å². The Morgan fingerprint density at radius 2 is 1.68 bits per heavy atom. The van der Waals surface area contributed by atoms with Gasteiger partial charge in [0.25, 0.3) is 0 Å². The van der Waals surface area contributed by atoms with Crippen LogP contribution in [0.25, 0.3) is 0 Å². The maximum Gasteiger partial charge on any atom is 0.500 e. The lowest BCUT2D eigenvalue weighted by atomic mass is 10.4. The van der Waals surface area contributed by atoms with Crippen LogP contribution >= 0.6 is 0 Å². The molecule has 1 rings (SSSR count). The number of hydrogen-bond donors (Lipinski definition) is 1. The van der Waals surface area contributed by atoms with E-state index in [-0.39, 0.29) is 0 Å². The molecule has 1 heterocycles. The van der Waals surface area contributed by atoms with E-state index < -0.39 is 8.80 Å². The van der Waals surface area contributed by atoms with Crippen LogP contribution in [-0.4, -0.2) is 44.7 Å². The molecule has 1 N–H and O–H groups in total. The Bertz CT molecular complexity index is 409. The molecule has 1 aromatic rings. The summed E-state index contributed by atoms with van der Waals surface area (Å²) in [5.41, 5.74) is 0. The lowest BCUT2D eigenvalue weighted by molar-refractivity contribution is 0.0710. The predicted octanol–water partition coefficient (Wildman–Crippen LogP) is 3.06. The third-order valence-corrected chi connectivity index (χ3v) is 6.58. The van der Waals surface area contributed by atoms with Gasteiger partial charge in [0.1, 0.15) is 11.6 Å². The summed E-state index contributed by atoms with van der Waals surface area (Å²) in [5, 5.41) is 3.44. The second-order valence-corrected chi connectivity index (χ2v) is 7.68. The summed E-state index contributed by atoms with van der Waals surface area (Å²) in [5.74, 6) is 2.10. The van der Waals surface area contributed by atoms with Gasteiger partial charge in [-0.3, -0.25) is 0 Å². The van der Waals surface area contributed by atoms with Gasteiger partial charge in [0.15, 0.2) is 0 Å². The van der Waals surface area contributed by atoms with Gasteiger partial charge < -0.3 is 23.2 Å². The number of nitrogens with one attached hydrogen (secondary N) is 1. The smallest absolute Gasteiger partial charge is 0.374 e. The third kappa shape index (κ3) is 5.39. The molecule has 0 saturated heterocycles. The first-order valence-corrected chi connectivity index (χ1v) is 10.2. The minimum Gasteiger partial charge on any atom is -0.374 e. The quantitative estimate of drug-likeness (QED) is 0.472. The Kier molecular flexibility index (Phi) is 8.70. The maximum atomic E-state index is 5.86. The van der Waals surface area contributed by atoms with E-state index in [0.717, 1.165) is 37.2 Å². The molecule has 0 aromatic carbocycles. The molecule has 7 heteroatoms. The minimum absolute atomic E-state index is 0.626. The van der Waals surface area contributed by atoms with Gasteiger partial charge in [-0.05, 0) is 41.0 Å². The van der Waals surface area contributed by atoms with Gasteiger partial charge in [0, 0.05) is 39.0 Å². The van der Waals surface area contributed by atoms with Crippen LogP contribution in [-0.2, 0) is 19.8 Å². The first-order valence-electron chi connectivity index (χ1n) is 8.30. The summed E-state index contributed by atoms with van der Waals surface area (Å²) in [6, 6.07) is 0.828. The van der Waals surface area contributed by atoms with Gasteiger partial charge in [-0.25, -0.2) is 4.98 Å². The van der Waals surface area contributed by atoms with Gasteiger partial charge in [-0.15, -0.1) is 0 Å². The molecule has 0 radical (unpaired) electrons. The van der Waals surface area contributed by atoms with Crippen molar-refractivity contribution in [2.75, 3.05) is 31.7 Å². The molecule has 0 amide bonds. The van der Waals surface area contributed by atoms with Crippen molar-refractivity contribution in [2.24, 2.45) is 0 Å². The average molecular weight is 330 g/mol. The Hall–Kier alpha value is -0.893. The summed E-state index contributed by atoms with van der Waals surface area (Å²) in [6.45, 7) is 13.8. The van der Waals surface area contributed by atoms with Crippen molar-refractivity contribution in [1.29, 1.82) is 0 Å². The predicted molar refractivity (Wildman–Crippen MR) is 91.2 cm³/mol. The van der Waals surface area contributed by atoms with E-state index >= 15 is 0 Å². The van der Waals surface area contributed by atoms with Crippen molar-refractivity contribution in [3.05, 3.63) is 12.0 Å². The second kappa shape index (κ2) is 9.99. The second-order valence-electron chi connectivity index (χ2n) is 4.95. The highest BCUT2D eigenvalue weighted by Gasteiger charge is 2.39. The van der Waals surface area contributed by atoms with Crippen LogP contribution in [0.15, 0.2) is 6.20 Å². The molecule has 6 nitrogen and oxygen atoms in total. The fourth-order valence-corrected chi connectivity index (χ4v) is 5.14. The van der Waals surface area contributed by atoms with E-state index in [0.29, 0.717) is 19.8 Å². The van der Waals surface area contributed by atoms with E-state index in [2.05, 4.69) is 21.8 Å². The zero-order valence-electron chi connectivity index (χ0n) is 14.6. The monoisotopic (exact) mass is 329 g/mol. The van der Waals surface area contributed by atoms with E-state index in [1.807, 2.05) is 33.9 Å². The summed E-state index contributed by atoms with van der Waals surface area (Å²) in [6.07, 6.45) is 2.83. The molecular weight excluding hydrogens is 298 g/mol. The molecule has 0 unspecified atom stereocenters. The number of aromatic nitrogens is 2. The van der Waals surface area contributed by atoms with Crippen LogP contribution in [0.2, 0.25) is 6.04 Å². The van der Waals surface area contributed by atoms with Crippen molar-refractivity contribution in [3.63, 3.8) is 0 Å². The fourth-order valence-electron chi connectivity index (χ4n) is 2.53. The average Bonchev–Trinajstić information content (AvgIpc) is 2.84. The standard InChI is InChI=1S/C15H31N3O3Si/c1-6-18-14(5)17-13-15(18)16-11-10-12-22(19-7-2,20-8-3)21-9-4/h13,16H,6-12H2,1-5H3. The van der Waals surface area contributed by atoms with Crippen LogP contribution in [0.1, 0.15) is 39.9 Å². The molecule has 0 aliphatic heterocycles. The largest absolute Gasteiger partial charge is 0.500 e. The third-order valence-electron chi connectivity index (χ3n) is 3.43. The summed E-state index contributed by atoms with van der Waals surface area (Å²) >= 11 is 0. The van der Waals surface area contributed by atoms with E-state index in [1.165, 1.54) is 0 Å². The number of nitrogens with zero attached hydrogens (tertiary/aromatic N) is 2. The van der Waals surface area contributed by atoms with Gasteiger partial charge in [-0.2, -0.15) is 0 Å². The molecule has 22 heavy (non-hydrogen) atoms. The van der Waals surface area contributed by atoms with Crippen LogP contribution in [0.3, 0.4) is 0 Å². The lowest BCUT2D eigenvalue weighted by Gasteiger charge is -2.28. The van der Waals surface area contributed by atoms with Gasteiger partial charge in [0.05, 0.1) is 6.20 Å². The van der Waals surface area contributed by atoms with Crippen LogP contribution in [0.5, 0.6) is 0 Å². The highest BCUT2D eigenvalue weighted by atomic mass is 28.4. The van der Waals surface area contributed by atoms with E-state index in [9.17, 15) is 0 Å². The highest BCUT2D eigenvalue weighted by Crippen LogP contribution is 2.18. The highest BCUT2D eigenvalue weighted by molar-refractivity contribution is 6.60. The molecule has 128 valence electrons. The first kappa shape index (κ1) is 19.2. The Morgan fingerprint density at radius 3 is 2.18 bits per heavy atom. The number of anilines is 1. The van der Waals surface area contributed by atoms with Crippen molar-refractivity contribution in [1.82, 2.24) is 9.55 Å². The number of hydrogen-bond acceptors (Lipinski definition) is 5. The summed E-state index contributed by atoms with van der Waals surface area (Å²) in [4.78, 5) is 4.34. The maximum absolute atomic E-state index is 5.86. The summed E-state index contributed by atoms with van der Waals surface area (Å²) in [7, 11) is -2.51. The van der Waals surface area contributed by atoms with Crippen molar-refractivity contribution >= 4 is 14.6 Å². The normalized spacial score (nSPS) is 11.9.